The van der Waals surface area contributed by atoms with Gasteiger partial charge in [-0.3, -0.25) is 4.90 Å². The van der Waals surface area contributed by atoms with E-state index in [9.17, 15) is 0 Å². The normalized spacial score (nSPS) is 21.6. The Balaban J connectivity index is 1.79. The highest BCUT2D eigenvalue weighted by Crippen LogP contribution is 2.24. The number of hydrogen-bond donors (Lipinski definition) is 0. The third-order valence-electron chi connectivity index (χ3n) is 2.89. The summed E-state index contributed by atoms with van der Waals surface area (Å²) in [5, 5.41) is 2.13. The van der Waals surface area contributed by atoms with E-state index in [-0.39, 0.29) is 0 Å². The van der Waals surface area contributed by atoms with Crippen LogP contribution in [0.15, 0.2) is 15.9 Å². The van der Waals surface area contributed by atoms with Crippen molar-refractivity contribution in [1.82, 2.24) is 4.90 Å². The number of rotatable bonds is 4. The van der Waals surface area contributed by atoms with Gasteiger partial charge in [0.05, 0.1) is 6.10 Å². The number of ether oxygens (including phenoxy) is 1. The number of likely N-dealkylation sites (N-methyl/N-ethyl adjacent to an activating group) is 1. The van der Waals surface area contributed by atoms with Gasteiger partial charge < -0.3 is 4.74 Å². The van der Waals surface area contributed by atoms with Gasteiger partial charge >= 0.3 is 0 Å². The van der Waals surface area contributed by atoms with Gasteiger partial charge in [-0.15, -0.1) is 11.3 Å². The van der Waals surface area contributed by atoms with Crippen LogP contribution in [0.3, 0.4) is 0 Å². The predicted octanol–water partition coefficient (Wildman–Crippen LogP) is 3.51. The number of halogens is 1. The number of thiophene rings is 1. The van der Waals surface area contributed by atoms with Gasteiger partial charge in [-0.1, -0.05) is 0 Å². The van der Waals surface area contributed by atoms with E-state index >= 15 is 0 Å². The second-order valence-corrected chi connectivity index (χ2v) is 6.23. The largest absolute Gasteiger partial charge is 0.377 e. The van der Waals surface area contributed by atoms with Crippen LogP contribution >= 0.6 is 27.3 Å². The second kappa shape index (κ2) is 6.15. The molecule has 1 fully saturated rings. The van der Waals surface area contributed by atoms with Crippen LogP contribution in [0, 0.1) is 0 Å². The second-order valence-electron chi connectivity index (χ2n) is 4.38. The molecule has 1 aliphatic rings. The van der Waals surface area contributed by atoms with Crippen molar-refractivity contribution >= 4 is 27.3 Å². The summed E-state index contributed by atoms with van der Waals surface area (Å²) in [6.45, 7) is 3.00. The van der Waals surface area contributed by atoms with Gasteiger partial charge in [0, 0.05) is 29.0 Å². The highest BCUT2D eigenvalue weighted by molar-refractivity contribution is 9.10. The average Bonchev–Trinajstić information content (AvgIpc) is 2.66. The Kier molecular flexibility index (Phi) is 4.82. The average molecular weight is 304 g/mol. The van der Waals surface area contributed by atoms with Gasteiger partial charge in [0.25, 0.3) is 0 Å². The predicted molar refractivity (Wildman–Crippen MR) is 71.9 cm³/mol. The summed E-state index contributed by atoms with van der Waals surface area (Å²) in [4.78, 5) is 3.75. The summed E-state index contributed by atoms with van der Waals surface area (Å²) in [5.41, 5.74) is 0. The first kappa shape index (κ1) is 12.6. The van der Waals surface area contributed by atoms with Crippen LogP contribution in [0.1, 0.15) is 24.1 Å². The fourth-order valence-electron chi connectivity index (χ4n) is 2.05. The van der Waals surface area contributed by atoms with E-state index in [1.807, 2.05) is 11.3 Å². The molecule has 2 nitrogen and oxygen atoms in total. The van der Waals surface area contributed by atoms with Gasteiger partial charge in [0.1, 0.15) is 0 Å². The number of nitrogens with zero attached hydrogens (tertiary/aromatic N) is 1. The van der Waals surface area contributed by atoms with Crippen LogP contribution < -0.4 is 0 Å². The minimum Gasteiger partial charge on any atom is -0.377 e. The zero-order valence-corrected chi connectivity index (χ0v) is 12.0. The Morgan fingerprint density at radius 1 is 1.56 bits per heavy atom. The van der Waals surface area contributed by atoms with E-state index in [1.54, 1.807) is 0 Å². The molecule has 2 rings (SSSR count). The van der Waals surface area contributed by atoms with Crippen LogP contribution in [0.2, 0.25) is 0 Å². The van der Waals surface area contributed by atoms with Crippen LogP contribution in [-0.4, -0.2) is 31.2 Å². The molecule has 1 aliphatic heterocycles. The Hall–Kier alpha value is 0.1000. The summed E-state index contributed by atoms with van der Waals surface area (Å²) in [5.74, 6) is 0. The molecule has 0 radical (unpaired) electrons. The molecule has 4 heteroatoms. The van der Waals surface area contributed by atoms with Crippen molar-refractivity contribution < 1.29 is 4.74 Å². The molecule has 1 aromatic rings. The maximum atomic E-state index is 5.75. The van der Waals surface area contributed by atoms with Crippen molar-refractivity contribution in [3.8, 4) is 0 Å². The van der Waals surface area contributed by atoms with Crippen molar-refractivity contribution in [2.45, 2.75) is 31.9 Å². The molecular weight excluding hydrogens is 286 g/mol. The highest BCUT2D eigenvalue weighted by Gasteiger charge is 2.16. The molecule has 0 aliphatic carbocycles. The van der Waals surface area contributed by atoms with Crippen molar-refractivity contribution in [2.75, 3.05) is 20.2 Å². The molecule has 1 unspecified atom stereocenters. The van der Waals surface area contributed by atoms with Crippen LogP contribution in [-0.2, 0) is 11.3 Å². The summed E-state index contributed by atoms with van der Waals surface area (Å²) in [6.07, 6.45) is 4.21. The zero-order chi connectivity index (χ0) is 11.4. The maximum absolute atomic E-state index is 5.75. The van der Waals surface area contributed by atoms with Crippen molar-refractivity contribution in [2.24, 2.45) is 0 Å². The quantitative estimate of drug-likeness (QED) is 0.844. The molecule has 0 amide bonds. The maximum Gasteiger partial charge on any atom is 0.0702 e. The van der Waals surface area contributed by atoms with Gasteiger partial charge in [0.15, 0.2) is 0 Å². The third kappa shape index (κ3) is 3.55. The minimum absolute atomic E-state index is 0.442. The van der Waals surface area contributed by atoms with E-state index in [0.29, 0.717) is 6.10 Å². The van der Waals surface area contributed by atoms with Gasteiger partial charge in [0.2, 0.25) is 0 Å². The molecule has 0 spiro atoms. The molecular formula is C12H18BrNOS. The van der Waals surface area contributed by atoms with Crippen LogP contribution in [0.4, 0.5) is 0 Å². The van der Waals surface area contributed by atoms with E-state index in [2.05, 4.69) is 39.3 Å². The van der Waals surface area contributed by atoms with Crippen molar-refractivity contribution in [3.05, 3.63) is 20.8 Å². The lowest BCUT2D eigenvalue weighted by molar-refractivity contribution is -0.00248. The molecule has 1 saturated heterocycles. The molecule has 1 aromatic heterocycles. The lowest BCUT2D eigenvalue weighted by Gasteiger charge is -2.27. The van der Waals surface area contributed by atoms with E-state index in [1.165, 1.54) is 28.6 Å². The highest BCUT2D eigenvalue weighted by atomic mass is 79.9. The SMILES string of the molecule is CN(Cc1sccc1Br)CC1CCCCO1. The minimum atomic E-state index is 0.442. The van der Waals surface area contributed by atoms with Crippen LogP contribution in [0.25, 0.3) is 0 Å². The molecule has 0 saturated carbocycles. The Labute approximate surface area is 110 Å². The Morgan fingerprint density at radius 2 is 2.44 bits per heavy atom. The first-order valence-corrected chi connectivity index (χ1v) is 7.45. The monoisotopic (exact) mass is 303 g/mol. The van der Waals surface area contributed by atoms with Gasteiger partial charge in [-0.25, -0.2) is 0 Å². The molecule has 90 valence electrons. The Bertz CT molecular complexity index is 323. The fraction of sp³-hybridized carbons (Fsp3) is 0.667. The molecule has 0 bridgehead atoms. The van der Waals surface area contributed by atoms with Crippen molar-refractivity contribution in [3.63, 3.8) is 0 Å². The summed E-state index contributed by atoms with van der Waals surface area (Å²) in [7, 11) is 2.17. The van der Waals surface area contributed by atoms with Crippen LogP contribution in [0.5, 0.6) is 0 Å². The lowest BCUT2D eigenvalue weighted by atomic mass is 10.1. The van der Waals surface area contributed by atoms with E-state index in [4.69, 9.17) is 4.74 Å². The fourth-order valence-corrected chi connectivity index (χ4v) is 3.60. The molecule has 1 atom stereocenters. The molecule has 16 heavy (non-hydrogen) atoms. The molecule has 2 heterocycles. The number of hydrogen-bond acceptors (Lipinski definition) is 3. The first-order chi connectivity index (χ1) is 7.75. The van der Waals surface area contributed by atoms with E-state index in [0.717, 1.165) is 19.7 Å². The van der Waals surface area contributed by atoms with Crippen molar-refractivity contribution in [1.29, 1.82) is 0 Å². The van der Waals surface area contributed by atoms with Gasteiger partial charge in [-0.05, 0) is 53.7 Å². The third-order valence-corrected chi connectivity index (χ3v) is 4.80. The smallest absolute Gasteiger partial charge is 0.0702 e. The standard InChI is InChI=1S/C12H18BrNOS/c1-14(8-10-4-2-3-6-15-10)9-12-11(13)5-7-16-12/h5,7,10H,2-4,6,8-9H2,1H3. The lowest BCUT2D eigenvalue weighted by Crippen LogP contribution is -2.32. The summed E-state index contributed by atoms with van der Waals surface area (Å²) < 4.78 is 6.98. The van der Waals surface area contributed by atoms with Gasteiger partial charge in [-0.2, -0.15) is 0 Å². The Morgan fingerprint density at radius 3 is 3.06 bits per heavy atom. The zero-order valence-electron chi connectivity index (χ0n) is 9.62. The summed E-state index contributed by atoms with van der Waals surface area (Å²) >= 11 is 5.38. The summed E-state index contributed by atoms with van der Waals surface area (Å²) in [6, 6.07) is 2.12. The molecule has 0 N–H and O–H groups in total. The van der Waals surface area contributed by atoms with E-state index < -0.39 is 0 Å². The molecule has 0 aromatic carbocycles. The first-order valence-electron chi connectivity index (χ1n) is 5.77. The topological polar surface area (TPSA) is 12.5 Å².